The van der Waals surface area contributed by atoms with Crippen LogP contribution in [0.15, 0.2) is 47.4 Å². The maximum absolute atomic E-state index is 12.7. The predicted molar refractivity (Wildman–Crippen MR) is 89.2 cm³/mol. The number of hydrogen-bond donors (Lipinski definition) is 0. The van der Waals surface area contributed by atoms with Gasteiger partial charge in [-0.1, -0.05) is 24.3 Å². The van der Waals surface area contributed by atoms with Crippen molar-refractivity contribution in [3.8, 4) is 0 Å². The highest BCUT2D eigenvalue weighted by molar-refractivity contribution is 5.94. The van der Waals surface area contributed by atoms with E-state index in [1.165, 1.54) is 4.57 Å². The van der Waals surface area contributed by atoms with E-state index >= 15 is 0 Å². The molecule has 4 nitrogen and oxygen atoms in total. The lowest BCUT2D eigenvalue weighted by Crippen LogP contribution is -2.41. The first-order valence-electron chi connectivity index (χ1n) is 7.45. The SMILES string of the molecule is Cc1ccccc1N(C(=O)Cn1cccc(C)c1=O)C(C)C. The second-order valence-corrected chi connectivity index (χ2v) is 5.77. The molecule has 1 aromatic carbocycles. The van der Waals surface area contributed by atoms with Crippen molar-refractivity contribution in [1.29, 1.82) is 0 Å². The molecule has 1 amide bonds. The summed E-state index contributed by atoms with van der Waals surface area (Å²) in [6.45, 7) is 7.74. The topological polar surface area (TPSA) is 42.3 Å². The number of benzene rings is 1. The molecule has 0 bridgehead atoms. The van der Waals surface area contributed by atoms with E-state index in [1.54, 1.807) is 30.2 Å². The monoisotopic (exact) mass is 298 g/mol. The number of amides is 1. The molecule has 0 spiro atoms. The molecule has 0 saturated heterocycles. The van der Waals surface area contributed by atoms with Gasteiger partial charge in [-0.2, -0.15) is 0 Å². The number of nitrogens with zero attached hydrogens (tertiary/aromatic N) is 2. The van der Waals surface area contributed by atoms with Crippen LogP contribution in [0.2, 0.25) is 0 Å². The van der Waals surface area contributed by atoms with Crippen LogP contribution in [0.4, 0.5) is 5.69 Å². The molecule has 1 heterocycles. The van der Waals surface area contributed by atoms with Crippen LogP contribution in [0, 0.1) is 13.8 Å². The summed E-state index contributed by atoms with van der Waals surface area (Å²) in [5.41, 5.74) is 2.45. The first-order chi connectivity index (χ1) is 10.4. The van der Waals surface area contributed by atoms with Crippen LogP contribution < -0.4 is 10.5 Å². The van der Waals surface area contributed by atoms with E-state index in [1.807, 2.05) is 45.0 Å². The maximum Gasteiger partial charge on any atom is 0.253 e. The van der Waals surface area contributed by atoms with Crippen molar-refractivity contribution in [2.75, 3.05) is 4.90 Å². The predicted octanol–water partition coefficient (Wildman–Crippen LogP) is 2.91. The van der Waals surface area contributed by atoms with Crippen LogP contribution in [-0.4, -0.2) is 16.5 Å². The van der Waals surface area contributed by atoms with Crippen LogP contribution in [0.5, 0.6) is 0 Å². The Bertz CT molecular complexity index is 732. The smallest absolute Gasteiger partial charge is 0.253 e. The molecule has 1 aromatic heterocycles. The summed E-state index contributed by atoms with van der Waals surface area (Å²) in [6.07, 6.45) is 1.66. The molecule has 2 rings (SSSR count). The van der Waals surface area contributed by atoms with Gasteiger partial charge in [0.25, 0.3) is 5.56 Å². The molecule has 0 radical (unpaired) electrons. The largest absolute Gasteiger partial charge is 0.308 e. The van der Waals surface area contributed by atoms with E-state index in [-0.39, 0.29) is 24.1 Å². The fourth-order valence-corrected chi connectivity index (χ4v) is 2.54. The van der Waals surface area contributed by atoms with Crippen molar-refractivity contribution < 1.29 is 4.79 Å². The van der Waals surface area contributed by atoms with Crippen LogP contribution in [0.1, 0.15) is 25.0 Å². The maximum atomic E-state index is 12.7. The van der Waals surface area contributed by atoms with Gasteiger partial charge < -0.3 is 9.47 Å². The fourth-order valence-electron chi connectivity index (χ4n) is 2.54. The lowest BCUT2D eigenvalue weighted by atomic mass is 10.1. The zero-order chi connectivity index (χ0) is 16.3. The van der Waals surface area contributed by atoms with Crippen molar-refractivity contribution >= 4 is 11.6 Å². The van der Waals surface area contributed by atoms with Gasteiger partial charge in [0.15, 0.2) is 0 Å². The zero-order valence-corrected chi connectivity index (χ0v) is 13.5. The number of pyridine rings is 1. The number of rotatable bonds is 4. The van der Waals surface area contributed by atoms with Crippen molar-refractivity contribution in [3.63, 3.8) is 0 Å². The molecule has 0 aliphatic heterocycles. The molecule has 2 aromatic rings. The molecule has 0 unspecified atom stereocenters. The van der Waals surface area contributed by atoms with Gasteiger partial charge >= 0.3 is 0 Å². The summed E-state index contributed by atoms with van der Waals surface area (Å²) in [6, 6.07) is 11.4. The van der Waals surface area contributed by atoms with Crippen LogP contribution >= 0.6 is 0 Å². The molecule has 116 valence electrons. The van der Waals surface area contributed by atoms with Gasteiger partial charge in [-0.15, -0.1) is 0 Å². The standard InChI is InChI=1S/C18H22N2O2/c1-13(2)20(16-10-6-5-8-14(16)3)17(21)12-19-11-7-9-15(4)18(19)22/h5-11,13H,12H2,1-4H3. The number of hydrogen-bond acceptors (Lipinski definition) is 2. The molecule has 0 saturated carbocycles. The van der Waals surface area contributed by atoms with E-state index < -0.39 is 0 Å². The van der Waals surface area contributed by atoms with E-state index in [0.29, 0.717) is 5.56 Å². The van der Waals surface area contributed by atoms with Crippen molar-refractivity contribution in [1.82, 2.24) is 4.57 Å². The minimum Gasteiger partial charge on any atom is -0.308 e. The highest BCUT2D eigenvalue weighted by atomic mass is 16.2. The van der Waals surface area contributed by atoms with Crippen molar-refractivity contribution in [3.05, 3.63) is 64.1 Å². The molecular formula is C18H22N2O2. The van der Waals surface area contributed by atoms with E-state index in [2.05, 4.69) is 0 Å². The summed E-state index contributed by atoms with van der Waals surface area (Å²) in [4.78, 5) is 26.6. The molecule has 0 aliphatic carbocycles. The summed E-state index contributed by atoms with van der Waals surface area (Å²) in [7, 11) is 0. The lowest BCUT2D eigenvalue weighted by Gasteiger charge is -2.28. The van der Waals surface area contributed by atoms with Gasteiger partial charge in [-0.3, -0.25) is 9.59 Å². The number of carbonyl (C=O) groups is 1. The number of aryl methyl sites for hydroxylation is 2. The Morgan fingerprint density at radius 2 is 1.73 bits per heavy atom. The molecule has 0 atom stereocenters. The number of aromatic nitrogens is 1. The first kappa shape index (κ1) is 16.0. The van der Waals surface area contributed by atoms with Crippen LogP contribution in [-0.2, 0) is 11.3 Å². The summed E-state index contributed by atoms with van der Waals surface area (Å²) in [5, 5.41) is 0. The Hall–Kier alpha value is -2.36. The van der Waals surface area contributed by atoms with Crippen LogP contribution in [0.3, 0.4) is 0 Å². The normalized spacial score (nSPS) is 10.8. The van der Waals surface area contributed by atoms with Crippen LogP contribution in [0.25, 0.3) is 0 Å². The molecule has 0 fully saturated rings. The molecule has 22 heavy (non-hydrogen) atoms. The van der Waals surface area contributed by atoms with E-state index in [4.69, 9.17) is 0 Å². The Labute approximate surface area is 131 Å². The van der Waals surface area contributed by atoms with Crippen molar-refractivity contribution in [2.24, 2.45) is 0 Å². The van der Waals surface area contributed by atoms with Gasteiger partial charge in [0.2, 0.25) is 5.91 Å². The number of anilines is 1. The van der Waals surface area contributed by atoms with Crippen molar-refractivity contribution in [2.45, 2.75) is 40.3 Å². The van der Waals surface area contributed by atoms with Gasteiger partial charge in [-0.25, -0.2) is 0 Å². The van der Waals surface area contributed by atoms with Gasteiger partial charge in [-0.05, 0) is 45.4 Å². The molecular weight excluding hydrogens is 276 g/mol. The summed E-state index contributed by atoms with van der Waals surface area (Å²) in [5.74, 6) is -0.0861. The van der Waals surface area contributed by atoms with Gasteiger partial charge in [0.05, 0.1) is 0 Å². The second kappa shape index (κ2) is 6.60. The average Bonchev–Trinajstić information content (AvgIpc) is 2.46. The Morgan fingerprint density at radius 3 is 2.36 bits per heavy atom. The quantitative estimate of drug-likeness (QED) is 0.871. The first-order valence-corrected chi connectivity index (χ1v) is 7.45. The molecule has 4 heteroatoms. The van der Waals surface area contributed by atoms with E-state index in [9.17, 15) is 9.59 Å². The number of para-hydroxylation sites is 1. The summed E-state index contributed by atoms with van der Waals surface area (Å²) >= 11 is 0. The minimum atomic E-state index is -0.121. The average molecular weight is 298 g/mol. The Morgan fingerprint density at radius 1 is 1.09 bits per heavy atom. The highest BCUT2D eigenvalue weighted by Gasteiger charge is 2.21. The third kappa shape index (κ3) is 3.27. The summed E-state index contributed by atoms with van der Waals surface area (Å²) < 4.78 is 1.46. The number of carbonyl (C=O) groups excluding carboxylic acids is 1. The highest BCUT2D eigenvalue weighted by Crippen LogP contribution is 2.22. The fraction of sp³-hybridized carbons (Fsp3) is 0.333. The van der Waals surface area contributed by atoms with Gasteiger partial charge in [0, 0.05) is 23.5 Å². The Balaban J connectivity index is 2.34. The minimum absolute atomic E-state index is 0.0223. The molecule has 0 N–H and O–H groups in total. The third-order valence-corrected chi connectivity index (χ3v) is 3.68. The van der Waals surface area contributed by atoms with E-state index in [0.717, 1.165) is 11.3 Å². The Kier molecular flexibility index (Phi) is 4.81. The lowest BCUT2D eigenvalue weighted by molar-refractivity contribution is -0.119. The molecule has 0 aliphatic rings. The third-order valence-electron chi connectivity index (χ3n) is 3.68. The van der Waals surface area contributed by atoms with Gasteiger partial charge in [0.1, 0.15) is 6.54 Å². The second-order valence-electron chi connectivity index (χ2n) is 5.77. The zero-order valence-electron chi connectivity index (χ0n) is 13.5.